The Morgan fingerprint density at radius 1 is 1.10 bits per heavy atom. The summed E-state index contributed by atoms with van der Waals surface area (Å²) in [7, 11) is 0. The maximum atomic E-state index is 13.2. The van der Waals surface area contributed by atoms with Gasteiger partial charge in [-0.1, -0.05) is 57.2 Å². The predicted molar refractivity (Wildman–Crippen MR) is 158 cm³/mol. The number of hydrogen-bond donors (Lipinski definition) is 2. The highest BCUT2D eigenvalue weighted by atomic mass is 16.5. The number of anilines is 1. The van der Waals surface area contributed by atoms with E-state index < -0.39 is 0 Å². The lowest BCUT2D eigenvalue weighted by molar-refractivity contribution is -0.115. The van der Waals surface area contributed by atoms with Gasteiger partial charge in [-0.3, -0.25) is 4.79 Å². The summed E-state index contributed by atoms with van der Waals surface area (Å²) in [5.41, 5.74) is 8.74. The first-order chi connectivity index (χ1) is 18.9. The highest BCUT2D eigenvalue weighted by molar-refractivity contribution is 6.06. The van der Waals surface area contributed by atoms with Gasteiger partial charge in [0.15, 0.2) is 0 Å². The summed E-state index contributed by atoms with van der Waals surface area (Å²) in [6, 6.07) is 11.0. The lowest BCUT2D eigenvalue weighted by Crippen LogP contribution is -2.18. The number of benzene rings is 1. The number of ether oxygens (including phenoxy) is 1. The fourth-order valence-electron chi connectivity index (χ4n) is 6.37. The molecule has 4 atom stereocenters. The zero-order valence-electron chi connectivity index (χ0n) is 24.1. The largest absolute Gasteiger partial charge is 0.381 e. The highest BCUT2D eigenvalue weighted by Crippen LogP contribution is 2.42. The number of carbonyl (C=O) groups excluding carboxylic acids is 1. The first-order valence-corrected chi connectivity index (χ1v) is 14.7. The van der Waals surface area contributed by atoms with Crippen LogP contribution in [-0.4, -0.2) is 24.1 Å². The molecule has 3 heterocycles. The Morgan fingerprint density at radius 2 is 1.90 bits per heavy atom. The average Bonchev–Trinajstić information content (AvgIpc) is 3.13. The summed E-state index contributed by atoms with van der Waals surface area (Å²) in [6.45, 7) is 12.7. The summed E-state index contributed by atoms with van der Waals surface area (Å²) in [5, 5.41) is 6.56. The summed E-state index contributed by atoms with van der Waals surface area (Å²) in [4.78, 5) is 17.9. The van der Waals surface area contributed by atoms with Gasteiger partial charge in [0.05, 0.1) is 5.57 Å². The van der Waals surface area contributed by atoms with E-state index >= 15 is 0 Å². The minimum absolute atomic E-state index is 0.0479. The Bertz CT molecular complexity index is 1300. The van der Waals surface area contributed by atoms with E-state index in [2.05, 4.69) is 74.7 Å². The Hall–Kier alpha value is -3.18. The third-order valence-electron chi connectivity index (χ3n) is 8.97. The van der Waals surface area contributed by atoms with Gasteiger partial charge in [-0.05, 0) is 92.0 Å². The minimum Gasteiger partial charge on any atom is -0.381 e. The average molecular weight is 526 g/mol. The zero-order chi connectivity index (χ0) is 27.5. The topological polar surface area (TPSA) is 63.2 Å². The number of hydrogen-bond acceptors (Lipinski definition) is 4. The first-order valence-electron chi connectivity index (χ1n) is 14.7. The van der Waals surface area contributed by atoms with Crippen molar-refractivity contribution in [2.75, 3.05) is 18.5 Å². The molecule has 5 nitrogen and oxygen atoms in total. The van der Waals surface area contributed by atoms with Crippen LogP contribution in [0.5, 0.6) is 0 Å². The highest BCUT2D eigenvalue weighted by Gasteiger charge is 2.35. The van der Waals surface area contributed by atoms with Crippen molar-refractivity contribution in [3.8, 4) is 0 Å². The molecule has 1 aliphatic carbocycles. The van der Waals surface area contributed by atoms with Crippen LogP contribution in [0.4, 0.5) is 5.82 Å². The van der Waals surface area contributed by atoms with Gasteiger partial charge < -0.3 is 15.4 Å². The van der Waals surface area contributed by atoms with Gasteiger partial charge in [0.25, 0.3) is 5.91 Å². The van der Waals surface area contributed by atoms with Crippen LogP contribution in [0.2, 0.25) is 0 Å². The Balaban J connectivity index is 1.39. The molecule has 206 valence electrons. The Morgan fingerprint density at radius 3 is 2.64 bits per heavy atom. The Kier molecular flexibility index (Phi) is 8.37. The molecule has 2 aliphatic heterocycles. The second-order valence-corrected chi connectivity index (χ2v) is 11.6. The lowest BCUT2D eigenvalue weighted by atomic mass is 9.76. The van der Waals surface area contributed by atoms with Crippen LogP contribution in [0.1, 0.15) is 75.1 Å². The maximum absolute atomic E-state index is 13.2. The first kappa shape index (κ1) is 27.4. The van der Waals surface area contributed by atoms with Gasteiger partial charge in [-0.2, -0.15) is 0 Å². The molecule has 2 saturated heterocycles. The van der Waals surface area contributed by atoms with Crippen molar-refractivity contribution in [2.24, 2.45) is 17.8 Å². The van der Waals surface area contributed by atoms with Crippen LogP contribution in [-0.2, 0) is 22.4 Å². The molecule has 3 aliphatic rings. The molecule has 1 amide bonds. The van der Waals surface area contributed by atoms with Crippen molar-refractivity contribution < 1.29 is 9.53 Å². The summed E-state index contributed by atoms with van der Waals surface area (Å²) in [6.07, 6.45) is 11.9. The molecule has 4 unspecified atom stereocenters. The number of carbonyl (C=O) groups is 1. The number of aromatic nitrogens is 1. The van der Waals surface area contributed by atoms with E-state index in [1.165, 1.54) is 22.3 Å². The van der Waals surface area contributed by atoms with Gasteiger partial charge in [0.1, 0.15) is 5.82 Å². The molecule has 0 saturated carbocycles. The number of nitrogens with one attached hydrogen (secondary N) is 2. The lowest BCUT2D eigenvalue weighted by Gasteiger charge is -2.28. The molecule has 2 N–H and O–H groups in total. The molecule has 1 aromatic heterocycles. The number of aryl methyl sites for hydroxylation is 2. The minimum atomic E-state index is -0.0479. The SMILES string of the molecule is CCc1ccc(C)c(C2C=C3C(=CC2CC)NC(=O)/C3=C(/C)Nc2ccc(CC3CCOCCC3C)cn2)c1. The Labute approximate surface area is 233 Å². The predicted octanol–water partition coefficient (Wildman–Crippen LogP) is 7.01. The molecule has 39 heavy (non-hydrogen) atoms. The quantitative estimate of drug-likeness (QED) is 0.382. The third-order valence-corrected chi connectivity index (χ3v) is 8.97. The van der Waals surface area contributed by atoms with Crippen molar-refractivity contribution in [3.05, 3.63) is 93.5 Å². The molecular weight excluding hydrogens is 482 g/mol. The number of allylic oxidation sites excluding steroid dienone is 4. The smallest absolute Gasteiger partial charge is 0.258 e. The van der Waals surface area contributed by atoms with E-state index in [0.29, 0.717) is 23.3 Å². The van der Waals surface area contributed by atoms with E-state index in [9.17, 15) is 4.79 Å². The van der Waals surface area contributed by atoms with Crippen molar-refractivity contribution >= 4 is 11.7 Å². The second kappa shape index (κ2) is 11.9. The maximum Gasteiger partial charge on any atom is 0.258 e. The second-order valence-electron chi connectivity index (χ2n) is 11.6. The van der Waals surface area contributed by atoms with Gasteiger partial charge >= 0.3 is 0 Å². The number of rotatable bonds is 7. The van der Waals surface area contributed by atoms with Crippen molar-refractivity contribution in [1.29, 1.82) is 0 Å². The van der Waals surface area contributed by atoms with Crippen LogP contribution < -0.4 is 10.6 Å². The summed E-state index contributed by atoms with van der Waals surface area (Å²) >= 11 is 0. The molecule has 5 heteroatoms. The number of nitrogens with zero attached hydrogens (tertiary/aromatic N) is 1. The van der Waals surface area contributed by atoms with Crippen LogP contribution in [0, 0.1) is 24.7 Å². The van der Waals surface area contributed by atoms with Crippen molar-refractivity contribution in [2.45, 2.75) is 72.6 Å². The molecule has 0 bridgehead atoms. The normalized spacial score (nSPS) is 26.2. The van der Waals surface area contributed by atoms with Crippen molar-refractivity contribution in [3.63, 3.8) is 0 Å². The van der Waals surface area contributed by atoms with Gasteiger partial charge in [0, 0.05) is 42.3 Å². The fourth-order valence-corrected chi connectivity index (χ4v) is 6.37. The van der Waals surface area contributed by atoms with Crippen LogP contribution in [0.15, 0.2) is 71.2 Å². The molecule has 1 aromatic carbocycles. The fraction of sp³-hybridized carbons (Fsp3) is 0.471. The van der Waals surface area contributed by atoms with Crippen molar-refractivity contribution in [1.82, 2.24) is 10.3 Å². The van der Waals surface area contributed by atoms with E-state index in [1.54, 1.807) is 0 Å². The molecule has 2 fully saturated rings. The van der Waals surface area contributed by atoms with E-state index in [0.717, 1.165) is 68.1 Å². The van der Waals surface area contributed by atoms with Crippen LogP contribution >= 0.6 is 0 Å². The van der Waals surface area contributed by atoms with Crippen LogP contribution in [0.25, 0.3) is 0 Å². The van der Waals surface area contributed by atoms with Gasteiger partial charge in [0.2, 0.25) is 0 Å². The number of amides is 1. The summed E-state index contributed by atoms with van der Waals surface area (Å²) < 4.78 is 5.68. The third kappa shape index (κ3) is 5.89. The number of pyridine rings is 1. The van der Waals surface area contributed by atoms with Gasteiger partial charge in [-0.25, -0.2) is 4.98 Å². The van der Waals surface area contributed by atoms with Gasteiger partial charge in [-0.15, -0.1) is 0 Å². The number of fused-ring (bicyclic) bond motifs is 1. The van der Waals surface area contributed by atoms with E-state index in [-0.39, 0.29) is 11.8 Å². The molecule has 2 aromatic rings. The van der Waals surface area contributed by atoms with E-state index in [1.807, 2.05) is 19.2 Å². The molecule has 0 spiro atoms. The van der Waals surface area contributed by atoms with E-state index in [4.69, 9.17) is 9.72 Å². The summed E-state index contributed by atoms with van der Waals surface area (Å²) in [5.74, 6) is 2.59. The molecular formula is C34H43N3O2. The van der Waals surface area contributed by atoms with Crippen LogP contribution in [0.3, 0.4) is 0 Å². The molecule has 0 radical (unpaired) electrons. The standard InChI is InChI=1S/C34H43N3O2/c1-6-24-9-8-22(4)28(17-24)29-19-30-31(18-26(29)7-2)37-34(38)33(30)23(5)36-32-11-10-25(20-35-32)16-27-13-15-39-14-12-21(27)3/h8-11,17-21,26-27,29H,6-7,12-16H2,1-5H3,(H,35,36)(H,37,38)/b33-23-. The zero-order valence-corrected chi connectivity index (χ0v) is 24.1. The monoisotopic (exact) mass is 525 g/mol. The molecule has 5 rings (SSSR count).